The number of hydrogen-bond acceptors (Lipinski definition) is 3. The fraction of sp³-hybridized carbons (Fsp3) is 0.500. The number of imidazole rings is 1. The molecule has 0 aliphatic carbocycles. The van der Waals surface area contributed by atoms with Crippen molar-refractivity contribution in [3.8, 4) is 5.88 Å². The van der Waals surface area contributed by atoms with Crippen LogP contribution in [0.15, 0.2) is 30.6 Å². The van der Waals surface area contributed by atoms with Crippen LogP contribution in [0.2, 0.25) is 0 Å². The van der Waals surface area contributed by atoms with Crippen molar-refractivity contribution in [1.29, 1.82) is 0 Å². The zero-order valence-corrected chi connectivity index (χ0v) is 10.5. The Morgan fingerprint density at radius 2 is 2.39 bits per heavy atom. The molecule has 3 heterocycles. The van der Waals surface area contributed by atoms with E-state index in [1.54, 1.807) is 6.20 Å². The van der Waals surface area contributed by atoms with E-state index < -0.39 is 0 Å². The second-order valence-electron chi connectivity index (χ2n) is 4.80. The van der Waals surface area contributed by atoms with Crippen LogP contribution in [0.25, 0.3) is 5.65 Å². The SMILES string of the molecule is c1cc(OCCC2CCCCN2)n2ccnc2c1. The Balaban J connectivity index is 1.57. The van der Waals surface area contributed by atoms with E-state index in [0.717, 1.165) is 31.1 Å². The molecule has 1 N–H and O–H groups in total. The topological polar surface area (TPSA) is 38.6 Å². The maximum absolute atomic E-state index is 5.86. The first-order valence-electron chi connectivity index (χ1n) is 6.72. The highest BCUT2D eigenvalue weighted by Crippen LogP contribution is 2.15. The number of pyridine rings is 1. The van der Waals surface area contributed by atoms with Crippen LogP contribution in [-0.4, -0.2) is 28.6 Å². The van der Waals surface area contributed by atoms with Gasteiger partial charge in [-0.05, 0) is 37.9 Å². The molecular weight excluding hydrogens is 226 g/mol. The van der Waals surface area contributed by atoms with Gasteiger partial charge in [0.05, 0.1) is 6.61 Å². The number of nitrogens with zero attached hydrogens (tertiary/aromatic N) is 2. The average molecular weight is 245 g/mol. The lowest BCUT2D eigenvalue weighted by atomic mass is 10.0. The molecule has 0 spiro atoms. The molecular formula is C14H19N3O. The molecule has 1 aliphatic rings. The van der Waals surface area contributed by atoms with E-state index in [-0.39, 0.29) is 0 Å². The first-order valence-corrected chi connectivity index (χ1v) is 6.72. The second-order valence-corrected chi connectivity index (χ2v) is 4.80. The Bertz CT molecular complexity index is 502. The van der Waals surface area contributed by atoms with Gasteiger partial charge >= 0.3 is 0 Å². The quantitative estimate of drug-likeness (QED) is 0.898. The van der Waals surface area contributed by atoms with E-state index in [4.69, 9.17) is 4.74 Å². The highest BCUT2D eigenvalue weighted by Gasteiger charge is 2.12. The number of rotatable bonds is 4. The second kappa shape index (κ2) is 5.40. The summed E-state index contributed by atoms with van der Waals surface area (Å²) in [5.74, 6) is 0.876. The van der Waals surface area contributed by atoms with E-state index in [9.17, 15) is 0 Å². The van der Waals surface area contributed by atoms with Crippen molar-refractivity contribution < 1.29 is 4.74 Å². The minimum atomic E-state index is 0.626. The highest BCUT2D eigenvalue weighted by molar-refractivity contribution is 5.41. The van der Waals surface area contributed by atoms with Crippen LogP contribution in [0.4, 0.5) is 0 Å². The van der Waals surface area contributed by atoms with Gasteiger partial charge in [0, 0.05) is 18.4 Å². The summed E-state index contributed by atoms with van der Waals surface area (Å²) in [6.07, 6.45) is 8.73. The summed E-state index contributed by atoms with van der Waals surface area (Å²) in [4.78, 5) is 4.25. The smallest absolute Gasteiger partial charge is 0.199 e. The Kier molecular flexibility index (Phi) is 3.46. The maximum atomic E-state index is 5.86. The fourth-order valence-electron chi connectivity index (χ4n) is 2.52. The Hall–Kier alpha value is -1.55. The predicted molar refractivity (Wildman–Crippen MR) is 70.9 cm³/mol. The molecule has 2 aromatic rings. The third-order valence-corrected chi connectivity index (χ3v) is 3.52. The Morgan fingerprint density at radius 3 is 3.28 bits per heavy atom. The van der Waals surface area contributed by atoms with E-state index >= 15 is 0 Å². The van der Waals surface area contributed by atoms with Gasteiger partial charge in [0.1, 0.15) is 5.65 Å². The lowest BCUT2D eigenvalue weighted by Gasteiger charge is -2.23. The standard InChI is InChI=1S/C14H19N3O/c1-2-8-15-12(4-1)7-11-18-14-6-3-5-13-16-9-10-17(13)14/h3,5-6,9-10,12,15H,1-2,4,7-8,11H2. The van der Waals surface area contributed by atoms with Crippen LogP contribution in [0.3, 0.4) is 0 Å². The molecule has 0 radical (unpaired) electrons. The molecule has 1 atom stereocenters. The third kappa shape index (κ3) is 2.48. The van der Waals surface area contributed by atoms with Crippen LogP contribution >= 0.6 is 0 Å². The Morgan fingerprint density at radius 1 is 1.39 bits per heavy atom. The fourth-order valence-corrected chi connectivity index (χ4v) is 2.52. The summed E-state index contributed by atoms with van der Waals surface area (Å²) in [5.41, 5.74) is 0.934. The van der Waals surface area contributed by atoms with Gasteiger partial charge in [0.2, 0.25) is 0 Å². The summed E-state index contributed by atoms with van der Waals surface area (Å²) < 4.78 is 7.84. The van der Waals surface area contributed by atoms with Crippen LogP contribution in [0.5, 0.6) is 5.88 Å². The van der Waals surface area contributed by atoms with E-state index in [0.29, 0.717) is 6.04 Å². The van der Waals surface area contributed by atoms with Gasteiger partial charge in [0.15, 0.2) is 5.88 Å². The number of fused-ring (bicyclic) bond motifs is 1. The van der Waals surface area contributed by atoms with Crippen molar-refractivity contribution in [2.45, 2.75) is 31.7 Å². The van der Waals surface area contributed by atoms with Crippen molar-refractivity contribution in [3.05, 3.63) is 30.6 Å². The van der Waals surface area contributed by atoms with Crippen LogP contribution in [0.1, 0.15) is 25.7 Å². The molecule has 0 amide bonds. The zero-order valence-electron chi connectivity index (χ0n) is 10.5. The molecule has 1 unspecified atom stereocenters. The van der Waals surface area contributed by atoms with Gasteiger partial charge in [-0.25, -0.2) is 4.98 Å². The number of piperidine rings is 1. The number of nitrogens with one attached hydrogen (secondary N) is 1. The van der Waals surface area contributed by atoms with Gasteiger partial charge in [-0.15, -0.1) is 0 Å². The molecule has 3 rings (SSSR count). The molecule has 2 aromatic heterocycles. The molecule has 0 aromatic carbocycles. The lowest BCUT2D eigenvalue weighted by Crippen LogP contribution is -2.35. The molecule has 18 heavy (non-hydrogen) atoms. The normalized spacial score (nSPS) is 20.1. The van der Waals surface area contributed by atoms with Gasteiger partial charge in [-0.3, -0.25) is 4.40 Å². The van der Waals surface area contributed by atoms with E-state index in [2.05, 4.69) is 10.3 Å². The molecule has 1 fully saturated rings. The van der Waals surface area contributed by atoms with Gasteiger partial charge in [-0.1, -0.05) is 12.5 Å². The predicted octanol–water partition coefficient (Wildman–Crippen LogP) is 2.25. The summed E-state index contributed by atoms with van der Waals surface area (Å²) in [6.45, 7) is 1.91. The minimum absolute atomic E-state index is 0.626. The highest BCUT2D eigenvalue weighted by atomic mass is 16.5. The van der Waals surface area contributed by atoms with Crippen LogP contribution in [0, 0.1) is 0 Å². The first-order chi connectivity index (χ1) is 8.93. The Labute approximate surface area is 107 Å². The number of hydrogen-bond donors (Lipinski definition) is 1. The van der Waals surface area contributed by atoms with Crippen LogP contribution < -0.4 is 10.1 Å². The maximum Gasteiger partial charge on any atom is 0.199 e. The number of aromatic nitrogens is 2. The molecule has 96 valence electrons. The van der Waals surface area contributed by atoms with Gasteiger partial charge in [-0.2, -0.15) is 0 Å². The average Bonchev–Trinajstić information content (AvgIpc) is 2.89. The van der Waals surface area contributed by atoms with Crippen molar-refractivity contribution in [2.75, 3.05) is 13.2 Å². The molecule has 1 aliphatic heterocycles. The largest absolute Gasteiger partial charge is 0.478 e. The van der Waals surface area contributed by atoms with Gasteiger partial charge in [0.25, 0.3) is 0 Å². The van der Waals surface area contributed by atoms with E-state index in [1.807, 2.05) is 28.8 Å². The molecule has 0 saturated carbocycles. The molecule has 0 bridgehead atoms. The minimum Gasteiger partial charge on any atom is -0.478 e. The zero-order chi connectivity index (χ0) is 12.2. The monoisotopic (exact) mass is 245 g/mol. The summed E-state index contributed by atoms with van der Waals surface area (Å²) in [7, 11) is 0. The molecule has 4 heteroatoms. The van der Waals surface area contributed by atoms with Crippen molar-refractivity contribution in [1.82, 2.24) is 14.7 Å². The van der Waals surface area contributed by atoms with Crippen LogP contribution in [-0.2, 0) is 0 Å². The summed E-state index contributed by atoms with van der Waals surface area (Å²) in [5, 5.41) is 3.54. The van der Waals surface area contributed by atoms with Crippen molar-refractivity contribution in [2.24, 2.45) is 0 Å². The number of ether oxygens (including phenoxy) is 1. The third-order valence-electron chi connectivity index (χ3n) is 3.52. The molecule has 1 saturated heterocycles. The van der Waals surface area contributed by atoms with Crippen molar-refractivity contribution >= 4 is 5.65 Å². The summed E-state index contributed by atoms with van der Waals surface area (Å²) in [6, 6.07) is 6.58. The lowest BCUT2D eigenvalue weighted by molar-refractivity contribution is 0.258. The summed E-state index contributed by atoms with van der Waals surface area (Å²) >= 11 is 0. The van der Waals surface area contributed by atoms with Gasteiger partial charge < -0.3 is 10.1 Å². The van der Waals surface area contributed by atoms with Crippen molar-refractivity contribution in [3.63, 3.8) is 0 Å². The molecule has 4 nitrogen and oxygen atoms in total. The van der Waals surface area contributed by atoms with E-state index in [1.165, 1.54) is 19.3 Å². The first kappa shape index (κ1) is 11.5.